The Morgan fingerprint density at radius 2 is 2.29 bits per heavy atom. The summed E-state index contributed by atoms with van der Waals surface area (Å²) in [5, 5.41) is 11.4. The van der Waals surface area contributed by atoms with E-state index in [1.165, 1.54) is 24.0 Å². The molecule has 1 aliphatic carbocycles. The lowest BCUT2D eigenvalue weighted by Gasteiger charge is -2.06. The summed E-state index contributed by atoms with van der Waals surface area (Å²) in [6, 6.07) is 9.29. The number of benzene rings is 1. The van der Waals surface area contributed by atoms with Crippen molar-refractivity contribution in [3.05, 3.63) is 36.0 Å². The first-order valence-electron chi connectivity index (χ1n) is 6.00. The van der Waals surface area contributed by atoms with Crippen molar-refractivity contribution in [2.24, 2.45) is 7.05 Å². The molecule has 0 saturated heterocycles. The molecule has 2 aromatic rings. The Balaban J connectivity index is 1.80. The Morgan fingerprint density at radius 3 is 3.00 bits per heavy atom. The Bertz CT molecular complexity index is 514. The van der Waals surface area contributed by atoms with Gasteiger partial charge in [0.25, 0.3) is 0 Å². The molecule has 1 N–H and O–H groups in total. The first kappa shape index (κ1) is 10.5. The van der Waals surface area contributed by atoms with Gasteiger partial charge in [0.1, 0.15) is 0 Å². The van der Waals surface area contributed by atoms with Crippen LogP contribution >= 0.6 is 0 Å². The SMILES string of the molecule is Cn1nncc1-c1cccc(CNC2CC2)c1. The third kappa shape index (κ3) is 2.36. The van der Waals surface area contributed by atoms with Gasteiger partial charge < -0.3 is 5.32 Å². The van der Waals surface area contributed by atoms with Gasteiger partial charge in [0.05, 0.1) is 11.9 Å². The Morgan fingerprint density at radius 1 is 1.41 bits per heavy atom. The van der Waals surface area contributed by atoms with Crippen molar-refractivity contribution >= 4 is 0 Å². The van der Waals surface area contributed by atoms with Crippen LogP contribution in [0.3, 0.4) is 0 Å². The number of nitrogens with zero attached hydrogens (tertiary/aromatic N) is 3. The molecule has 88 valence electrons. The molecule has 4 nitrogen and oxygen atoms in total. The van der Waals surface area contributed by atoms with Crippen molar-refractivity contribution in [1.82, 2.24) is 20.3 Å². The van der Waals surface area contributed by atoms with Gasteiger partial charge >= 0.3 is 0 Å². The monoisotopic (exact) mass is 228 g/mol. The van der Waals surface area contributed by atoms with E-state index in [4.69, 9.17) is 0 Å². The van der Waals surface area contributed by atoms with Gasteiger partial charge in [-0.25, -0.2) is 4.68 Å². The van der Waals surface area contributed by atoms with Crippen LogP contribution < -0.4 is 5.32 Å². The zero-order chi connectivity index (χ0) is 11.7. The molecule has 0 amide bonds. The molecule has 17 heavy (non-hydrogen) atoms. The van der Waals surface area contributed by atoms with Crippen LogP contribution in [0.5, 0.6) is 0 Å². The average molecular weight is 228 g/mol. The van der Waals surface area contributed by atoms with E-state index in [1.54, 1.807) is 10.9 Å². The molecule has 3 rings (SSSR count). The van der Waals surface area contributed by atoms with Crippen LogP contribution in [0.4, 0.5) is 0 Å². The predicted octanol–water partition coefficient (Wildman–Crippen LogP) is 1.73. The lowest BCUT2D eigenvalue weighted by atomic mass is 10.1. The average Bonchev–Trinajstić information content (AvgIpc) is 3.08. The minimum Gasteiger partial charge on any atom is -0.310 e. The van der Waals surface area contributed by atoms with E-state index in [1.807, 2.05) is 7.05 Å². The van der Waals surface area contributed by atoms with Crippen LogP contribution in [0, 0.1) is 0 Å². The van der Waals surface area contributed by atoms with Gasteiger partial charge in [-0.1, -0.05) is 23.4 Å². The molecule has 4 heteroatoms. The Hall–Kier alpha value is -1.68. The highest BCUT2D eigenvalue weighted by Crippen LogP contribution is 2.21. The normalized spacial score (nSPS) is 15.1. The number of aromatic nitrogens is 3. The summed E-state index contributed by atoms with van der Waals surface area (Å²) in [7, 11) is 1.91. The highest BCUT2D eigenvalue weighted by Gasteiger charge is 2.19. The topological polar surface area (TPSA) is 42.7 Å². The summed E-state index contributed by atoms with van der Waals surface area (Å²) in [6.07, 6.45) is 4.45. The molecule has 1 aromatic carbocycles. The Kier molecular flexibility index (Phi) is 2.65. The standard InChI is InChI=1S/C13H16N4/c1-17-13(9-15-16-17)11-4-2-3-10(7-11)8-14-12-5-6-12/h2-4,7,9,12,14H,5-6,8H2,1H3. The summed E-state index contributed by atoms with van der Waals surface area (Å²) < 4.78 is 1.80. The summed E-state index contributed by atoms with van der Waals surface area (Å²) >= 11 is 0. The lowest BCUT2D eigenvalue weighted by Crippen LogP contribution is -2.15. The summed E-state index contributed by atoms with van der Waals surface area (Å²) in [5.74, 6) is 0. The third-order valence-corrected chi connectivity index (χ3v) is 3.11. The molecular weight excluding hydrogens is 212 g/mol. The van der Waals surface area contributed by atoms with Crippen LogP contribution in [0.1, 0.15) is 18.4 Å². The number of nitrogens with one attached hydrogen (secondary N) is 1. The summed E-state index contributed by atoms with van der Waals surface area (Å²) in [6.45, 7) is 0.948. The van der Waals surface area contributed by atoms with Crippen molar-refractivity contribution in [1.29, 1.82) is 0 Å². The molecule has 0 spiro atoms. The Labute approximate surface area is 101 Å². The van der Waals surface area contributed by atoms with E-state index in [0.29, 0.717) is 0 Å². The van der Waals surface area contributed by atoms with Crippen LogP contribution in [0.2, 0.25) is 0 Å². The van der Waals surface area contributed by atoms with E-state index in [9.17, 15) is 0 Å². The maximum Gasteiger partial charge on any atom is 0.0882 e. The molecule has 1 saturated carbocycles. The van der Waals surface area contributed by atoms with E-state index in [0.717, 1.165) is 18.3 Å². The molecule has 1 aliphatic rings. The van der Waals surface area contributed by atoms with E-state index in [-0.39, 0.29) is 0 Å². The van der Waals surface area contributed by atoms with Crippen LogP contribution in [-0.2, 0) is 13.6 Å². The molecule has 1 heterocycles. The van der Waals surface area contributed by atoms with Gasteiger partial charge in [-0.3, -0.25) is 0 Å². The lowest BCUT2D eigenvalue weighted by molar-refractivity contribution is 0.687. The fourth-order valence-electron chi connectivity index (χ4n) is 1.94. The fraction of sp³-hybridized carbons (Fsp3) is 0.385. The second-order valence-electron chi connectivity index (χ2n) is 4.60. The third-order valence-electron chi connectivity index (χ3n) is 3.11. The van der Waals surface area contributed by atoms with Gasteiger partial charge in [-0.2, -0.15) is 0 Å². The molecule has 0 aliphatic heterocycles. The molecule has 0 unspecified atom stereocenters. The second kappa shape index (κ2) is 4.30. The van der Waals surface area contributed by atoms with Crippen molar-refractivity contribution in [3.63, 3.8) is 0 Å². The van der Waals surface area contributed by atoms with Gasteiger partial charge in [0, 0.05) is 25.2 Å². The number of hydrogen-bond acceptors (Lipinski definition) is 3. The highest BCUT2D eigenvalue weighted by molar-refractivity contribution is 5.59. The minimum atomic E-state index is 0.747. The highest BCUT2D eigenvalue weighted by atomic mass is 15.4. The van der Waals surface area contributed by atoms with Crippen molar-refractivity contribution in [2.45, 2.75) is 25.4 Å². The van der Waals surface area contributed by atoms with E-state index >= 15 is 0 Å². The van der Waals surface area contributed by atoms with Gasteiger partial charge in [-0.05, 0) is 24.5 Å². The first-order valence-corrected chi connectivity index (χ1v) is 6.00. The van der Waals surface area contributed by atoms with Crippen LogP contribution in [0.25, 0.3) is 11.3 Å². The predicted molar refractivity (Wildman–Crippen MR) is 66.3 cm³/mol. The molecule has 0 radical (unpaired) electrons. The summed E-state index contributed by atoms with van der Waals surface area (Å²) in [5.41, 5.74) is 3.54. The second-order valence-corrected chi connectivity index (χ2v) is 4.60. The van der Waals surface area contributed by atoms with Crippen molar-refractivity contribution in [3.8, 4) is 11.3 Å². The van der Waals surface area contributed by atoms with E-state index in [2.05, 4.69) is 39.9 Å². The molecule has 1 aromatic heterocycles. The summed E-state index contributed by atoms with van der Waals surface area (Å²) in [4.78, 5) is 0. The number of hydrogen-bond donors (Lipinski definition) is 1. The zero-order valence-electron chi connectivity index (χ0n) is 9.93. The van der Waals surface area contributed by atoms with Crippen LogP contribution in [-0.4, -0.2) is 21.0 Å². The van der Waals surface area contributed by atoms with E-state index < -0.39 is 0 Å². The van der Waals surface area contributed by atoms with Crippen molar-refractivity contribution < 1.29 is 0 Å². The first-order chi connectivity index (χ1) is 8.33. The molecular formula is C13H16N4. The smallest absolute Gasteiger partial charge is 0.0882 e. The maximum absolute atomic E-state index is 3.96. The molecule has 0 atom stereocenters. The maximum atomic E-state index is 3.96. The van der Waals surface area contributed by atoms with Gasteiger partial charge in [0.15, 0.2) is 0 Å². The fourth-order valence-corrected chi connectivity index (χ4v) is 1.94. The molecule has 1 fully saturated rings. The molecule has 0 bridgehead atoms. The van der Waals surface area contributed by atoms with Crippen molar-refractivity contribution in [2.75, 3.05) is 0 Å². The quantitative estimate of drug-likeness (QED) is 0.866. The van der Waals surface area contributed by atoms with Gasteiger partial charge in [-0.15, -0.1) is 5.10 Å². The minimum absolute atomic E-state index is 0.747. The number of rotatable bonds is 4. The van der Waals surface area contributed by atoms with Crippen LogP contribution in [0.15, 0.2) is 30.5 Å². The largest absolute Gasteiger partial charge is 0.310 e. The number of aryl methyl sites for hydroxylation is 1. The zero-order valence-corrected chi connectivity index (χ0v) is 9.93. The van der Waals surface area contributed by atoms with Gasteiger partial charge in [0.2, 0.25) is 0 Å².